The van der Waals surface area contributed by atoms with Crippen LogP contribution in [0.15, 0.2) is 0 Å². The maximum absolute atomic E-state index is 11.2. The predicted octanol–water partition coefficient (Wildman–Crippen LogP) is 1.57. The van der Waals surface area contributed by atoms with Crippen LogP contribution in [0.2, 0.25) is 0 Å². The molecule has 1 N–H and O–H groups in total. The molecule has 1 saturated heterocycles. The fraction of sp³-hybridized carbons (Fsp3) is 0.923. The van der Waals surface area contributed by atoms with Gasteiger partial charge in [-0.15, -0.1) is 0 Å². The van der Waals surface area contributed by atoms with Crippen molar-refractivity contribution in [3.8, 4) is 0 Å². The van der Waals surface area contributed by atoms with Crippen molar-refractivity contribution in [3.63, 3.8) is 0 Å². The second-order valence-electron chi connectivity index (χ2n) is 5.55. The Labute approximate surface area is 98.6 Å². The van der Waals surface area contributed by atoms with E-state index in [1.165, 1.54) is 25.7 Å². The summed E-state index contributed by atoms with van der Waals surface area (Å²) in [7, 11) is 0. The Morgan fingerprint density at radius 1 is 1.38 bits per heavy atom. The lowest BCUT2D eigenvalue weighted by Gasteiger charge is -2.34. The number of rotatable bonds is 4. The number of carbonyl (C=O) groups is 1. The Morgan fingerprint density at radius 3 is 2.56 bits per heavy atom. The highest BCUT2D eigenvalue weighted by atomic mass is 16.1. The van der Waals surface area contributed by atoms with Crippen molar-refractivity contribution in [3.05, 3.63) is 0 Å². The fourth-order valence-corrected chi connectivity index (χ4v) is 3.08. The van der Waals surface area contributed by atoms with Crippen LogP contribution in [0.3, 0.4) is 0 Å². The van der Waals surface area contributed by atoms with Gasteiger partial charge in [-0.2, -0.15) is 0 Å². The molecule has 1 saturated carbocycles. The van der Waals surface area contributed by atoms with Gasteiger partial charge in [-0.1, -0.05) is 12.8 Å². The SMILES string of the molecule is CC(C)N(CC1CC(=O)CN1)C1CCCC1. The second kappa shape index (κ2) is 5.28. The van der Waals surface area contributed by atoms with Gasteiger partial charge in [-0.05, 0) is 26.7 Å². The molecule has 2 rings (SSSR count). The third-order valence-electron chi connectivity index (χ3n) is 3.95. The molecule has 3 nitrogen and oxygen atoms in total. The Bertz CT molecular complexity index is 246. The molecule has 3 heteroatoms. The minimum absolute atomic E-state index is 0.375. The molecule has 0 spiro atoms. The van der Waals surface area contributed by atoms with Crippen molar-refractivity contribution in [2.45, 2.75) is 64.1 Å². The van der Waals surface area contributed by atoms with Crippen LogP contribution in [0, 0.1) is 0 Å². The summed E-state index contributed by atoms with van der Waals surface area (Å²) >= 11 is 0. The molecule has 0 aromatic heterocycles. The van der Waals surface area contributed by atoms with Crippen LogP contribution < -0.4 is 5.32 Å². The van der Waals surface area contributed by atoms with Crippen molar-refractivity contribution in [1.29, 1.82) is 0 Å². The van der Waals surface area contributed by atoms with Crippen molar-refractivity contribution in [2.75, 3.05) is 13.1 Å². The second-order valence-corrected chi connectivity index (χ2v) is 5.55. The molecule has 92 valence electrons. The van der Waals surface area contributed by atoms with E-state index >= 15 is 0 Å². The van der Waals surface area contributed by atoms with Gasteiger partial charge in [0.25, 0.3) is 0 Å². The molecular weight excluding hydrogens is 200 g/mol. The molecular formula is C13H24N2O. The molecule has 0 aromatic rings. The van der Waals surface area contributed by atoms with E-state index in [-0.39, 0.29) is 0 Å². The molecule has 2 aliphatic rings. The quantitative estimate of drug-likeness (QED) is 0.786. The Morgan fingerprint density at radius 2 is 2.06 bits per heavy atom. The molecule has 2 fully saturated rings. The maximum atomic E-state index is 11.2. The van der Waals surface area contributed by atoms with Crippen molar-refractivity contribution < 1.29 is 4.79 Å². The number of hydrogen-bond acceptors (Lipinski definition) is 3. The van der Waals surface area contributed by atoms with Gasteiger partial charge >= 0.3 is 0 Å². The van der Waals surface area contributed by atoms with Gasteiger partial charge < -0.3 is 5.32 Å². The topological polar surface area (TPSA) is 32.3 Å². The first-order valence-electron chi connectivity index (χ1n) is 6.67. The molecule has 1 unspecified atom stereocenters. The van der Waals surface area contributed by atoms with Gasteiger partial charge in [0.05, 0.1) is 6.54 Å². The van der Waals surface area contributed by atoms with E-state index in [0.29, 0.717) is 24.4 Å². The summed E-state index contributed by atoms with van der Waals surface area (Å²) < 4.78 is 0. The first-order valence-corrected chi connectivity index (χ1v) is 6.67. The molecule has 1 aliphatic carbocycles. The van der Waals surface area contributed by atoms with E-state index in [2.05, 4.69) is 24.1 Å². The Hall–Kier alpha value is -0.410. The molecule has 1 aliphatic heterocycles. The van der Waals surface area contributed by atoms with Crippen molar-refractivity contribution in [2.24, 2.45) is 0 Å². The fourth-order valence-electron chi connectivity index (χ4n) is 3.08. The largest absolute Gasteiger partial charge is 0.305 e. The average Bonchev–Trinajstić information content (AvgIpc) is 2.84. The normalized spacial score (nSPS) is 27.5. The number of nitrogens with one attached hydrogen (secondary N) is 1. The third-order valence-corrected chi connectivity index (χ3v) is 3.95. The number of Topliss-reactive ketones (excluding diaryl/α,β-unsaturated/α-hetero) is 1. The van der Waals surface area contributed by atoms with Crippen LogP contribution in [-0.4, -0.2) is 41.9 Å². The summed E-state index contributed by atoms with van der Waals surface area (Å²) in [5.41, 5.74) is 0. The van der Waals surface area contributed by atoms with E-state index in [1.807, 2.05) is 0 Å². The van der Waals surface area contributed by atoms with Crippen LogP contribution >= 0.6 is 0 Å². The third kappa shape index (κ3) is 2.83. The van der Waals surface area contributed by atoms with Crippen molar-refractivity contribution >= 4 is 5.78 Å². The van der Waals surface area contributed by atoms with E-state index < -0.39 is 0 Å². The zero-order chi connectivity index (χ0) is 11.5. The first-order chi connectivity index (χ1) is 7.66. The lowest BCUT2D eigenvalue weighted by molar-refractivity contribution is -0.116. The highest BCUT2D eigenvalue weighted by Gasteiger charge is 2.29. The zero-order valence-electron chi connectivity index (χ0n) is 10.5. The summed E-state index contributed by atoms with van der Waals surface area (Å²) in [6.45, 7) is 6.18. The van der Waals surface area contributed by atoms with Gasteiger partial charge in [-0.25, -0.2) is 0 Å². The zero-order valence-corrected chi connectivity index (χ0v) is 10.5. The number of nitrogens with zero attached hydrogens (tertiary/aromatic N) is 1. The van der Waals surface area contributed by atoms with E-state index in [4.69, 9.17) is 0 Å². The lowest BCUT2D eigenvalue weighted by atomic mass is 10.1. The highest BCUT2D eigenvalue weighted by molar-refractivity contribution is 5.83. The molecule has 0 radical (unpaired) electrons. The maximum Gasteiger partial charge on any atom is 0.148 e. The first kappa shape index (κ1) is 12.1. The molecule has 1 heterocycles. The van der Waals surface area contributed by atoms with Gasteiger partial charge in [0, 0.05) is 31.1 Å². The summed E-state index contributed by atoms with van der Waals surface area (Å²) in [6, 6.07) is 1.76. The van der Waals surface area contributed by atoms with E-state index in [0.717, 1.165) is 19.0 Å². The van der Waals surface area contributed by atoms with Gasteiger partial charge in [0.15, 0.2) is 0 Å². The van der Waals surface area contributed by atoms with Gasteiger partial charge in [-0.3, -0.25) is 9.69 Å². The van der Waals surface area contributed by atoms with Crippen LogP contribution in [0.25, 0.3) is 0 Å². The van der Waals surface area contributed by atoms with Crippen LogP contribution in [-0.2, 0) is 4.79 Å². The van der Waals surface area contributed by atoms with Crippen molar-refractivity contribution in [1.82, 2.24) is 10.2 Å². The summed E-state index contributed by atoms with van der Waals surface area (Å²) in [4.78, 5) is 13.8. The number of carbonyl (C=O) groups excluding carboxylic acids is 1. The standard InChI is InChI=1S/C13H24N2O/c1-10(2)15(12-5-3-4-6-12)9-11-7-13(16)8-14-11/h10-12,14H,3-9H2,1-2H3. The molecule has 0 aromatic carbocycles. The van der Waals surface area contributed by atoms with Gasteiger partial charge in [0.2, 0.25) is 0 Å². The highest BCUT2D eigenvalue weighted by Crippen LogP contribution is 2.25. The lowest BCUT2D eigenvalue weighted by Crippen LogP contribution is -2.46. The molecule has 0 bridgehead atoms. The summed E-state index contributed by atoms with van der Waals surface area (Å²) in [5, 5.41) is 3.32. The monoisotopic (exact) mass is 224 g/mol. The Balaban J connectivity index is 1.89. The number of ketones is 1. The predicted molar refractivity (Wildman–Crippen MR) is 65.5 cm³/mol. The summed E-state index contributed by atoms with van der Waals surface area (Å²) in [6.07, 6.45) is 6.18. The van der Waals surface area contributed by atoms with Crippen LogP contribution in [0.1, 0.15) is 46.0 Å². The number of hydrogen-bond donors (Lipinski definition) is 1. The average molecular weight is 224 g/mol. The van der Waals surface area contributed by atoms with E-state index in [9.17, 15) is 4.79 Å². The van der Waals surface area contributed by atoms with Crippen LogP contribution in [0.4, 0.5) is 0 Å². The molecule has 16 heavy (non-hydrogen) atoms. The Kier molecular flexibility index (Phi) is 3.98. The van der Waals surface area contributed by atoms with Crippen LogP contribution in [0.5, 0.6) is 0 Å². The van der Waals surface area contributed by atoms with E-state index in [1.54, 1.807) is 0 Å². The van der Waals surface area contributed by atoms with Gasteiger partial charge in [0.1, 0.15) is 5.78 Å². The minimum Gasteiger partial charge on any atom is -0.305 e. The minimum atomic E-state index is 0.375. The summed E-state index contributed by atoms with van der Waals surface area (Å²) in [5.74, 6) is 0.375. The smallest absolute Gasteiger partial charge is 0.148 e. The molecule has 0 amide bonds. The molecule has 1 atom stereocenters.